The van der Waals surface area contributed by atoms with Crippen molar-refractivity contribution < 1.29 is 23.9 Å². The number of urea groups is 1. The molecule has 8 nitrogen and oxygen atoms in total. The average molecular weight is 391 g/mol. The summed E-state index contributed by atoms with van der Waals surface area (Å²) in [6.07, 6.45) is -0.406. The number of benzene rings is 1. The number of fused-ring (bicyclic) bond motifs is 1. The van der Waals surface area contributed by atoms with Gasteiger partial charge in [-0.1, -0.05) is 31.5 Å². The van der Waals surface area contributed by atoms with Crippen molar-refractivity contribution in [1.29, 1.82) is 0 Å². The Kier molecular flexibility index (Phi) is 6.79. The SMILES string of the molecule is CC.CC1(C)OCC(C2NC(=O)NC2=O)O1.Cc1ccc2c(c1)C(=O)N(C)C2. The van der Waals surface area contributed by atoms with E-state index < -0.39 is 24.0 Å². The Labute approximate surface area is 165 Å². The lowest BCUT2D eigenvalue weighted by atomic mass is 10.1. The van der Waals surface area contributed by atoms with Crippen molar-refractivity contribution in [3.8, 4) is 0 Å². The second-order valence-electron chi connectivity index (χ2n) is 7.13. The molecule has 3 heterocycles. The summed E-state index contributed by atoms with van der Waals surface area (Å²) in [5.41, 5.74) is 3.17. The monoisotopic (exact) mass is 391 g/mol. The van der Waals surface area contributed by atoms with Crippen LogP contribution >= 0.6 is 0 Å². The molecule has 3 aliphatic rings. The van der Waals surface area contributed by atoms with Gasteiger partial charge in [-0.25, -0.2) is 4.79 Å². The minimum Gasteiger partial charge on any atom is -0.348 e. The van der Waals surface area contributed by atoms with Crippen molar-refractivity contribution in [1.82, 2.24) is 15.5 Å². The summed E-state index contributed by atoms with van der Waals surface area (Å²) in [4.78, 5) is 35.3. The fraction of sp³-hybridized carbons (Fsp3) is 0.550. The van der Waals surface area contributed by atoms with Gasteiger partial charge in [0.05, 0.1) is 6.61 Å². The van der Waals surface area contributed by atoms with Crippen molar-refractivity contribution >= 4 is 17.8 Å². The van der Waals surface area contributed by atoms with E-state index in [2.05, 4.69) is 10.6 Å². The number of nitrogens with one attached hydrogen (secondary N) is 2. The number of rotatable bonds is 1. The van der Waals surface area contributed by atoms with E-state index in [0.717, 1.165) is 23.2 Å². The van der Waals surface area contributed by atoms with Crippen LogP contribution in [0.25, 0.3) is 0 Å². The van der Waals surface area contributed by atoms with Gasteiger partial charge in [0.1, 0.15) is 12.1 Å². The number of aryl methyl sites for hydroxylation is 1. The molecular weight excluding hydrogens is 362 g/mol. The van der Waals surface area contributed by atoms with Crippen molar-refractivity contribution in [3.05, 3.63) is 34.9 Å². The van der Waals surface area contributed by atoms with Crippen LogP contribution in [0.5, 0.6) is 0 Å². The molecule has 0 aliphatic carbocycles. The van der Waals surface area contributed by atoms with Crippen LogP contribution in [-0.4, -0.2) is 54.3 Å². The molecule has 8 heteroatoms. The Morgan fingerprint density at radius 3 is 2.39 bits per heavy atom. The molecule has 0 spiro atoms. The molecule has 4 rings (SSSR count). The summed E-state index contributed by atoms with van der Waals surface area (Å²) in [6.45, 7) is 10.6. The van der Waals surface area contributed by atoms with Crippen LogP contribution in [0.4, 0.5) is 4.79 Å². The number of nitrogens with zero attached hydrogens (tertiary/aromatic N) is 1. The van der Waals surface area contributed by atoms with Crippen LogP contribution in [0.15, 0.2) is 18.2 Å². The van der Waals surface area contributed by atoms with Crippen molar-refractivity contribution in [3.63, 3.8) is 0 Å². The maximum atomic E-state index is 11.5. The summed E-state index contributed by atoms with van der Waals surface area (Å²) >= 11 is 0. The topological polar surface area (TPSA) is 97.0 Å². The molecule has 0 bridgehead atoms. The van der Waals surface area contributed by atoms with Crippen LogP contribution in [0, 0.1) is 6.92 Å². The molecule has 0 aromatic heterocycles. The maximum Gasteiger partial charge on any atom is 0.322 e. The van der Waals surface area contributed by atoms with E-state index in [0.29, 0.717) is 6.61 Å². The fourth-order valence-electron chi connectivity index (χ4n) is 3.13. The van der Waals surface area contributed by atoms with E-state index in [9.17, 15) is 14.4 Å². The number of imide groups is 1. The van der Waals surface area contributed by atoms with Crippen LogP contribution in [-0.2, 0) is 20.8 Å². The molecule has 2 saturated heterocycles. The van der Waals surface area contributed by atoms with E-state index in [-0.39, 0.29) is 11.8 Å². The van der Waals surface area contributed by atoms with Gasteiger partial charge < -0.3 is 19.7 Å². The first-order valence-corrected chi connectivity index (χ1v) is 9.44. The summed E-state index contributed by atoms with van der Waals surface area (Å²) in [7, 11) is 1.83. The first-order valence-electron chi connectivity index (χ1n) is 9.44. The minimum absolute atomic E-state index is 0.147. The molecule has 0 radical (unpaired) electrons. The standard InChI is InChI=1S/C10H11NO.C8H12N2O4.C2H6/c1-7-3-4-8-6-11(2)10(12)9(8)5-7;1-8(2)13-3-4(14-8)5-6(11)10-7(12)9-5;1-2/h3-5H,6H2,1-2H3;4-5H,3H2,1-2H3,(H2,9,10,11,12);1-2H3. The number of ether oxygens (including phenoxy) is 2. The van der Waals surface area contributed by atoms with Crippen LogP contribution in [0.2, 0.25) is 0 Å². The number of carbonyl (C=O) groups is 3. The zero-order valence-corrected chi connectivity index (χ0v) is 17.3. The van der Waals surface area contributed by atoms with Gasteiger partial charge in [0, 0.05) is 19.2 Å². The highest BCUT2D eigenvalue weighted by Crippen LogP contribution is 2.25. The van der Waals surface area contributed by atoms with E-state index in [4.69, 9.17) is 9.47 Å². The predicted octanol–water partition coefficient (Wildman–Crippen LogP) is 1.95. The number of hydrogen-bond donors (Lipinski definition) is 2. The molecule has 1 aromatic carbocycles. The summed E-state index contributed by atoms with van der Waals surface area (Å²) in [5, 5.41) is 4.63. The molecule has 1 aromatic rings. The molecule has 3 aliphatic heterocycles. The lowest BCUT2D eigenvalue weighted by Crippen LogP contribution is -2.43. The molecule has 0 saturated carbocycles. The molecule has 28 heavy (non-hydrogen) atoms. The fourth-order valence-corrected chi connectivity index (χ4v) is 3.13. The Balaban J connectivity index is 0.000000186. The van der Waals surface area contributed by atoms with Gasteiger partial charge in [0.25, 0.3) is 11.8 Å². The second kappa shape index (κ2) is 8.70. The first-order chi connectivity index (χ1) is 13.2. The third-order valence-electron chi connectivity index (χ3n) is 4.46. The molecular formula is C20H29N3O5. The Hall–Kier alpha value is -2.45. The van der Waals surface area contributed by atoms with E-state index in [1.807, 2.05) is 46.0 Å². The van der Waals surface area contributed by atoms with Gasteiger partial charge >= 0.3 is 6.03 Å². The highest BCUT2D eigenvalue weighted by Gasteiger charge is 2.44. The van der Waals surface area contributed by atoms with Gasteiger partial charge in [-0.3, -0.25) is 14.9 Å². The van der Waals surface area contributed by atoms with Gasteiger partial charge in [-0.2, -0.15) is 0 Å². The van der Waals surface area contributed by atoms with E-state index >= 15 is 0 Å². The quantitative estimate of drug-likeness (QED) is 0.713. The van der Waals surface area contributed by atoms with E-state index in [1.54, 1.807) is 18.7 Å². The Morgan fingerprint density at radius 2 is 1.86 bits per heavy atom. The number of hydrogen-bond acceptors (Lipinski definition) is 5. The summed E-state index contributed by atoms with van der Waals surface area (Å²) < 4.78 is 10.7. The number of amides is 4. The zero-order valence-electron chi connectivity index (χ0n) is 17.3. The average Bonchev–Trinajstić information content (AvgIpc) is 3.26. The molecule has 2 unspecified atom stereocenters. The first kappa shape index (κ1) is 21.8. The summed E-state index contributed by atoms with van der Waals surface area (Å²) in [6, 6.07) is 4.93. The third-order valence-corrected chi connectivity index (χ3v) is 4.46. The minimum atomic E-state index is -0.682. The normalized spacial score (nSPS) is 24.5. The van der Waals surface area contributed by atoms with Crippen molar-refractivity contribution in [2.75, 3.05) is 13.7 Å². The second-order valence-corrected chi connectivity index (χ2v) is 7.13. The van der Waals surface area contributed by atoms with Crippen molar-refractivity contribution in [2.24, 2.45) is 0 Å². The van der Waals surface area contributed by atoms with Crippen LogP contribution in [0.3, 0.4) is 0 Å². The summed E-state index contributed by atoms with van der Waals surface area (Å²) in [5.74, 6) is -0.895. The lowest BCUT2D eigenvalue weighted by Gasteiger charge is -2.19. The van der Waals surface area contributed by atoms with Gasteiger partial charge in [-0.15, -0.1) is 0 Å². The Bertz CT molecular complexity index is 762. The molecule has 2 atom stereocenters. The highest BCUT2D eigenvalue weighted by molar-refractivity contribution is 6.04. The zero-order chi connectivity index (χ0) is 21.1. The maximum absolute atomic E-state index is 11.5. The molecule has 154 valence electrons. The molecule has 2 fully saturated rings. The van der Waals surface area contributed by atoms with E-state index in [1.165, 1.54) is 0 Å². The third kappa shape index (κ3) is 4.88. The highest BCUT2D eigenvalue weighted by atomic mass is 16.7. The smallest absolute Gasteiger partial charge is 0.322 e. The molecule has 2 N–H and O–H groups in total. The Morgan fingerprint density at radius 1 is 1.18 bits per heavy atom. The van der Waals surface area contributed by atoms with Crippen LogP contribution < -0.4 is 10.6 Å². The predicted molar refractivity (Wildman–Crippen MR) is 104 cm³/mol. The van der Waals surface area contributed by atoms with Crippen LogP contribution in [0.1, 0.15) is 49.2 Å². The van der Waals surface area contributed by atoms with Gasteiger partial charge in [-0.05, 0) is 32.4 Å². The van der Waals surface area contributed by atoms with Crippen molar-refractivity contribution in [2.45, 2.75) is 59.1 Å². The lowest BCUT2D eigenvalue weighted by molar-refractivity contribution is -0.144. The van der Waals surface area contributed by atoms with Gasteiger partial charge in [0.15, 0.2) is 5.79 Å². The molecule has 4 amide bonds. The largest absolute Gasteiger partial charge is 0.348 e. The number of carbonyl (C=O) groups excluding carboxylic acids is 3. The van der Waals surface area contributed by atoms with Gasteiger partial charge in [0.2, 0.25) is 0 Å².